The summed E-state index contributed by atoms with van der Waals surface area (Å²) in [6.45, 7) is 9.65. The third kappa shape index (κ3) is 6.04. The summed E-state index contributed by atoms with van der Waals surface area (Å²) in [5.74, 6) is 0. The Morgan fingerprint density at radius 3 is 2.52 bits per heavy atom. The summed E-state index contributed by atoms with van der Waals surface area (Å²) in [6, 6.07) is 3.33. The van der Waals surface area contributed by atoms with Crippen molar-refractivity contribution in [2.24, 2.45) is 5.73 Å². The molecule has 1 atom stereocenters. The van der Waals surface area contributed by atoms with Crippen LogP contribution in [0.4, 0.5) is 0 Å². The van der Waals surface area contributed by atoms with E-state index in [9.17, 15) is 8.42 Å². The summed E-state index contributed by atoms with van der Waals surface area (Å²) < 4.78 is 27.5. The SMILES string of the molecule is CCN(CC)CCCC(C)NS(=O)(=O)c1ccc(CN)s1. The highest BCUT2D eigenvalue weighted by Gasteiger charge is 2.19. The summed E-state index contributed by atoms with van der Waals surface area (Å²) >= 11 is 1.23. The molecule has 0 saturated carbocycles. The zero-order chi connectivity index (χ0) is 15.9. The standard InChI is InChI=1S/C14H27N3O2S2/c1-4-17(5-2)10-6-7-12(3)16-21(18,19)14-9-8-13(11-15)20-14/h8-9,12,16H,4-7,10-11,15H2,1-3H3. The van der Waals surface area contributed by atoms with E-state index >= 15 is 0 Å². The summed E-state index contributed by atoms with van der Waals surface area (Å²) in [6.07, 6.45) is 1.83. The van der Waals surface area contributed by atoms with Gasteiger partial charge in [-0.05, 0) is 51.5 Å². The fourth-order valence-electron chi connectivity index (χ4n) is 2.16. The summed E-state index contributed by atoms with van der Waals surface area (Å²) in [5, 5.41) is 0. The normalized spacial score (nSPS) is 13.8. The summed E-state index contributed by atoms with van der Waals surface area (Å²) in [4.78, 5) is 3.22. The Hall–Kier alpha value is -0.470. The van der Waals surface area contributed by atoms with Gasteiger partial charge in [0, 0.05) is 17.5 Å². The topological polar surface area (TPSA) is 75.4 Å². The summed E-state index contributed by atoms with van der Waals surface area (Å²) in [7, 11) is -3.41. The van der Waals surface area contributed by atoms with E-state index in [1.807, 2.05) is 6.92 Å². The van der Waals surface area contributed by atoms with Crippen LogP contribution in [0.5, 0.6) is 0 Å². The lowest BCUT2D eigenvalue weighted by atomic mass is 10.2. The number of nitrogens with zero attached hydrogens (tertiary/aromatic N) is 1. The Morgan fingerprint density at radius 2 is 2.00 bits per heavy atom. The van der Waals surface area contributed by atoms with Crippen molar-refractivity contribution in [1.29, 1.82) is 0 Å². The first-order valence-electron chi connectivity index (χ1n) is 7.46. The number of nitrogens with two attached hydrogens (primary N) is 1. The predicted molar refractivity (Wildman–Crippen MR) is 89.0 cm³/mol. The van der Waals surface area contributed by atoms with E-state index in [-0.39, 0.29) is 6.04 Å². The van der Waals surface area contributed by atoms with Crippen LogP contribution in [0.15, 0.2) is 16.3 Å². The van der Waals surface area contributed by atoms with Crippen LogP contribution in [0.2, 0.25) is 0 Å². The molecule has 1 heterocycles. The van der Waals surface area contributed by atoms with Crippen molar-refractivity contribution < 1.29 is 8.42 Å². The molecule has 0 fully saturated rings. The van der Waals surface area contributed by atoms with Gasteiger partial charge >= 0.3 is 0 Å². The molecule has 1 aromatic rings. The van der Waals surface area contributed by atoms with Crippen LogP contribution in [0.1, 0.15) is 38.5 Å². The van der Waals surface area contributed by atoms with Gasteiger partial charge in [-0.25, -0.2) is 13.1 Å². The minimum Gasteiger partial charge on any atom is -0.326 e. The maximum atomic E-state index is 12.2. The number of thiophene rings is 1. The Kier molecular flexibility index (Phi) is 7.83. The Morgan fingerprint density at radius 1 is 1.33 bits per heavy atom. The fourth-order valence-corrected chi connectivity index (χ4v) is 4.68. The highest BCUT2D eigenvalue weighted by atomic mass is 32.2. The molecular weight excluding hydrogens is 306 g/mol. The Balaban J connectivity index is 2.47. The first-order chi connectivity index (χ1) is 9.92. The van der Waals surface area contributed by atoms with Gasteiger partial charge in [0.25, 0.3) is 0 Å². The van der Waals surface area contributed by atoms with Crippen molar-refractivity contribution >= 4 is 21.4 Å². The van der Waals surface area contributed by atoms with Crippen LogP contribution >= 0.6 is 11.3 Å². The van der Waals surface area contributed by atoms with Crippen LogP contribution in [-0.2, 0) is 16.6 Å². The van der Waals surface area contributed by atoms with E-state index in [0.29, 0.717) is 10.8 Å². The summed E-state index contributed by atoms with van der Waals surface area (Å²) in [5.41, 5.74) is 5.52. The zero-order valence-corrected chi connectivity index (χ0v) is 14.8. The maximum Gasteiger partial charge on any atom is 0.250 e. The highest BCUT2D eigenvalue weighted by molar-refractivity contribution is 7.91. The van der Waals surface area contributed by atoms with Gasteiger partial charge in [-0.3, -0.25) is 0 Å². The maximum absolute atomic E-state index is 12.2. The largest absolute Gasteiger partial charge is 0.326 e. The van der Waals surface area contributed by atoms with E-state index in [1.54, 1.807) is 12.1 Å². The second-order valence-electron chi connectivity index (χ2n) is 5.12. The molecule has 0 amide bonds. The molecule has 0 bridgehead atoms. The van der Waals surface area contributed by atoms with Crippen molar-refractivity contribution in [2.45, 2.75) is 50.4 Å². The van der Waals surface area contributed by atoms with Gasteiger partial charge in [0.15, 0.2) is 0 Å². The number of hydrogen-bond donors (Lipinski definition) is 2. The Bertz CT molecular complexity index is 510. The number of hydrogen-bond acceptors (Lipinski definition) is 5. The fraction of sp³-hybridized carbons (Fsp3) is 0.714. The van der Waals surface area contributed by atoms with Gasteiger partial charge in [-0.2, -0.15) is 0 Å². The average molecular weight is 334 g/mol. The van der Waals surface area contributed by atoms with E-state index in [0.717, 1.165) is 37.4 Å². The molecule has 3 N–H and O–H groups in total. The first kappa shape index (κ1) is 18.6. The van der Waals surface area contributed by atoms with E-state index in [1.165, 1.54) is 11.3 Å². The molecule has 0 aliphatic carbocycles. The molecule has 0 radical (unpaired) electrons. The van der Waals surface area contributed by atoms with E-state index in [2.05, 4.69) is 23.5 Å². The van der Waals surface area contributed by atoms with Crippen LogP contribution in [0.25, 0.3) is 0 Å². The number of nitrogens with one attached hydrogen (secondary N) is 1. The molecule has 1 unspecified atom stereocenters. The molecule has 0 saturated heterocycles. The van der Waals surface area contributed by atoms with Gasteiger partial charge < -0.3 is 10.6 Å². The molecule has 7 heteroatoms. The Labute approximate surface area is 132 Å². The minimum atomic E-state index is -3.41. The van der Waals surface area contributed by atoms with E-state index in [4.69, 9.17) is 5.73 Å². The lowest BCUT2D eigenvalue weighted by Gasteiger charge is -2.19. The molecule has 122 valence electrons. The van der Waals surface area contributed by atoms with Crippen LogP contribution in [0.3, 0.4) is 0 Å². The molecule has 1 rings (SSSR count). The quantitative estimate of drug-likeness (QED) is 0.687. The van der Waals surface area contributed by atoms with Crippen molar-refractivity contribution in [1.82, 2.24) is 9.62 Å². The van der Waals surface area contributed by atoms with Crippen molar-refractivity contribution in [2.75, 3.05) is 19.6 Å². The average Bonchev–Trinajstić information content (AvgIpc) is 2.93. The van der Waals surface area contributed by atoms with E-state index < -0.39 is 10.0 Å². The van der Waals surface area contributed by atoms with Crippen LogP contribution in [-0.4, -0.2) is 39.0 Å². The molecule has 21 heavy (non-hydrogen) atoms. The van der Waals surface area contributed by atoms with Crippen molar-refractivity contribution in [3.05, 3.63) is 17.0 Å². The third-order valence-electron chi connectivity index (χ3n) is 3.47. The first-order valence-corrected chi connectivity index (χ1v) is 9.76. The molecule has 0 aliphatic heterocycles. The molecule has 0 spiro atoms. The van der Waals surface area contributed by atoms with Crippen molar-refractivity contribution in [3.63, 3.8) is 0 Å². The second-order valence-corrected chi connectivity index (χ2v) is 8.23. The number of sulfonamides is 1. The van der Waals surface area contributed by atoms with Gasteiger partial charge in [0.1, 0.15) is 4.21 Å². The molecule has 1 aromatic heterocycles. The molecule has 5 nitrogen and oxygen atoms in total. The highest BCUT2D eigenvalue weighted by Crippen LogP contribution is 2.21. The lowest BCUT2D eigenvalue weighted by molar-refractivity contribution is 0.293. The number of rotatable bonds is 10. The van der Waals surface area contributed by atoms with Gasteiger partial charge in [-0.15, -0.1) is 11.3 Å². The second kappa shape index (κ2) is 8.85. The molecule has 0 aromatic carbocycles. The lowest BCUT2D eigenvalue weighted by Crippen LogP contribution is -2.33. The zero-order valence-electron chi connectivity index (χ0n) is 13.1. The third-order valence-corrected chi connectivity index (χ3v) is 6.65. The monoisotopic (exact) mass is 333 g/mol. The van der Waals surface area contributed by atoms with Gasteiger partial charge in [0.05, 0.1) is 0 Å². The predicted octanol–water partition coefficient (Wildman–Crippen LogP) is 2.00. The van der Waals surface area contributed by atoms with Gasteiger partial charge in [0.2, 0.25) is 10.0 Å². The molecule has 0 aliphatic rings. The van der Waals surface area contributed by atoms with Crippen molar-refractivity contribution in [3.8, 4) is 0 Å². The molecular formula is C14H27N3O2S2. The van der Waals surface area contributed by atoms with Crippen LogP contribution in [0, 0.1) is 0 Å². The van der Waals surface area contributed by atoms with Crippen LogP contribution < -0.4 is 10.5 Å². The van der Waals surface area contributed by atoms with Gasteiger partial charge in [-0.1, -0.05) is 13.8 Å². The smallest absolute Gasteiger partial charge is 0.250 e. The minimum absolute atomic E-state index is 0.0611.